The number of ether oxygens (including phenoxy) is 2. The van der Waals surface area contributed by atoms with Gasteiger partial charge in [0, 0.05) is 13.5 Å². The molecule has 1 aliphatic heterocycles. The summed E-state index contributed by atoms with van der Waals surface area (Å²) in [6.45, 7) is 4.88. The smallest absolute Gasteiger partial charge is 0.165 e. The minimum atomic E-state index is -0.890. The summed E-state index contributed by atoms with van der Waals surface area (Å²) in [4.78, 5) is 23.9. The number of hydroxylamine groups is 1. The second-order valence-corrected chi connectivity index (χ2v) is 13.9. The second-order valence-electron chi connectivity index (χ2n) is 11.2. The van der Waals surface area contributed by atoms with Gasteiger partial charge in [0.15, 0.2) is 22.4 Å². The minimum absolute atomic E-state index is 0.0208. The number of aliphatic imine (C=N–C) groups is 1. The molecule has 12 N–H and O–H groups in total. The number of aliphatic carboxylic acids is 1. The predicted molar refractivity (Wildman–Crippen MR) is 225 cm³/mol. The van der Waals surface area contributed by atoms with E-state index in [2.05, 4.69) is 73.5 Å². The van der Waals surface area contributed by atoms with Gasteiger partial charge in [0.1, 0.15) is 0 Å². The topological polar surface area (TPSA) is 269 Å². The van der Waals surface area contributed by atoms with E-state index in [1.807, 2.05) is 78.9 Å². The van der Waals surface area contributed by atoms with Crippen molar-refractivity contribution in [2.45, 2.75) is 75.9 Å². The van der Waals surface area contributed by atoms with Crippen molar-refractivity contribution in [2.75, 3.05) is 12.5 Å². The van der Waals surface area contributed by atoms with Crippen LogP contribution in [0.4, 0.5) is 5.82 Å². The number of nitrogen functional groups attached to an aromatic ring is 1. The molecule has 0 bridgehead atoms. The number of nitrogens with two attached hydrogens (primary N) is 3. The molecule has 0 radical (unpaired) electrons. The predicted octanol–water partition coefficient (Wildman–Crippen LogP) is 4.29. The Morgan fingerprint density at radius 3 is 2.11 bits per heavy atom. The Labute approximate surface area is 344 Å². The summed E-state index contributed by atoms with van der Waals surface area (Å²) in [7, 11) is 0. The minimum Gasteiger partial charge on any atom is -0.381 e. The third-order valence-electron chi connectivity index (χ3n) is 6.51. The average molecular weight is 879 g/mol. The zero-order chi connectivity index (χ0) is 42.0. The average Bonchev–Trinajstić information content (AvgIpc) is 3.86. The Balaban J connectivity index is 0.000000666. The maximum Gasteiger partial charge on any atom is 0.165 e. The molecule has 0 aliphatic carbocycles. The molecule has 0 spiro atoms. The van der Waals surface area contributed by atoms with Gasteiger partial charge < -0.3 is 36.6 Å². The van der Waals surface area contributed by atoms with Crippen molar-refractivity contribution in [2.24, 2.45) is 16.5 Å². The van der Waals surface area contributed by atoms with Crippen LogP contribution in [0.25, 0.3) is 0 Å². The van der Waals surface area contributed by atoms with Crippen molar-refractivity contribution in [3.8, 4) is 11.5 Å². The number of carbonyl (C=O) groups excluding carboxylic acids is 1. The monoisotopic (exact) mass is 879 g/mol. The summed E-state index contributed by atoms with van der Waals surface area (Å²) in [5, 5.41) is 40.9. The van der Waals surface area contributed by atoms with E-state index in [1.165, 1.54) is 18.7 Å². The number of H-pyrrole nitrogens is 1. The molecule has 5 rings (SSSR count). The molecule has 19 heteroatoms. The molecule has 4 aromatic rings. The first-order chi connectivity index (χ1) is 26.9. The first kappa shape index (κ1) is 51.2. The fourth-order valence-electron chi connectivity index (χ4n) is 3.92. The normalized spacial score (nSPS) is 11.1. The summed E-state index contributed by atoms with van der Waals surface area (Å²) in [5.74, 6) is 2.96. The van der Waals surface area contributed by atoms with Crippen molar-refractivity contribution in [1.82, 2.24) is 26.2 Å². The number of nitrogens with one attached hydrogen (secondary N) is 3. The number of amides is 1. The number of carboxylic acid groups (broad SMARTS) is 1. The maximum atomic E-state index is 10.1. The summed E-state index contributed by atoms with van der Waals surface area (Å²) in [5.41, 5.74) is 20.6. The zero-order valence-corrected chi connectivity index (χ0v) is 35.0. The molecule has 0 saturated carbocycles. The van der Waals surface area contributed by atoms with E-state index < -0.39 is 12.0 Å². The van der Waals surface area contributed by atoms with Crippen LogP contribution in [0.1, 0.15) is 49.8 Å². The molecule has 306 valence electrons. The standard InChI is InChI=1S/C12H16O3.C8H7NS.C7H9NO.C5H11NO2Se.C3H6N2OS.C2H4N4/c1-2-3-10(13)6-9-4-5-11-12(7-9)15-8-14-11;10-7-9-6-8-4-2-1-3-5-8;9-8-6-7-4-2-1-3-5-7;1-9-3-2-4(6)5(7)8;1-2(6)5-3(4)7;3-2-1-4-6-5-2/h4-5,7,10,13H,2-3,6,8H2,1H3;1-5H,6H2;1-5,8-9H,6H2;4H,2-3,6H2,1H3,(H,7,8);1H3,(H3,4,5,6,7);1H,(H3,3,4,5,6)/t;;;4-;;/m...0../s1. The van der Waals surface area contributed by atoms with Gasteiger partial charge in [0.05, 0.1) is 24.0 Å². The molecular weight excluding hydrogens is 826 g/mol. The first-order valence-electron chi connectivity index (χ1n) is 17.1. The molecule has 1 aromatic heterocycles. The van der Waals surface area contributed by atoms with Crippen molar-refractivity contribution in [1.29, 1.82) is 0 Å². The number of benzene rings is 3. The van der Waals surface area contributed by atoms with Crippen LogP contribution in [0.15, 0.2) is 90.1 Å². The van der Waals surface area contributed by atoms with Gasteiger partial charge in [-0.05, 0) is 66.1 Å². The zero-order valence-electron chi connectivity index (χ0n) is 31.7. The number of carbonyl (C=O) groups is 2. The number of aliphatic hydroxyl groups is 1. The number of carboxylic acids is 1. The van der Waals surface area contributed by atoms with E-state index in [4.69, 9.17) is 37.0 Å². The summed E-state index contributed by atoms with van der Waals surface area (Å²) in [6, 6.07) is 24.8. The molecule has 1 aliphatic rings. The quantitative estimate of drug-likeness (QED) is 0.0416. The maximum absolute atomic E-state index is 10.1. The number of anilines is 1. The van der Waals surface area contributed by atoms with E-state index in [1.54, 1.807) is 0 Å². The SMILES string of the molecule is CC(=O)NC(N)=S.CCCC(O)Cc1ccc2c(c1)OCO2.C[Se]CC[C@H](N)C(=O)O.Nc1cn[nH]n1.ONCc1ccccc1.S=C=NCc1ccccc1. The van der Waals surface area contributed by atoms with E-state index >= 15 is 0 Å². The Kier molecular flexibility index (Phi) is 30.6. The molecule has 1 amide bonds. The number of nitrogens with zero attached hydrogens (tertiary/aromatic N) is 3. The number of aromatic nitrogens is 3. The molecule has 2 atom stereocenters. The van der Waals surface area contributed by atoms with Crippen LogP contribution in [0.2, 0.25) is 11.1 Å². The van der Waals surface area contributed by atoms with Crippen LogP contribution in [0, 0.1) is 0 Å². The number of thiocarbonyl (C=S) groups is 2. The number of isothiocyanates is 1. The van der Waals surface area contributed by atoms with Gasteiger partial charge in [-0.15, -0.1) is 5.10 Å². The van der Waals surface area contributed by atoms with Crippen molar-refractivity contribution >= 4 is 67.4 Å². The van der Waals surface area contributed by atoms with Gasteiger partial charge in [0.2, 0.25) is 12.7 Å². The van der Waals surface area contributed by atoms with E-state index in [-0.39, 0.29) is 17.1 Å². The molecule has 0 saturated heterocycles. The number of aliphatic hydroxyl groups excluding tert-OH is 1. The van der Waals surface area contributed by atoms with Gasteiger partial charge in [-0.25, -0.2) is 10.5 Å². The van der Waals surface area contributed by atoms with Crippen LogP contribution >= 0.6 is 24.4 Å². The third kappa shape index (κ3) is 28.6. The van der Waals surface area contributed by atoms with E-state index in [0.29, 0.717) is 53.5 Å². The van der Waals surface area contributed by atoms with Crippen LogP contribution in [0.5, 0.6) is 11.5 Å². The number of hydrogen-bond donors (Lipinski definition) is 9. The van der Waals surface area contributed by atoms with Gasteiger partial charge in [-0.1, -0.05) is 80.1 Å². The van der Waals surface area contributed by atoms with Gasteiger partial charge >= 0.3 is 60.2 Å². The van der Waals surface area contributed by atoms with Crippen LogP contribution < -0.4 is 37.5 Å². The van der Waals surface area contributed by atoms with E-state index in [9.17, 15) is 14.7 Å². The third-order valence-corrected chi connectivity index (χ3v) is 8.09. The van der Waals surface area contributed by atoms with E-state index in [0.717, 1.165) is 40.8 Å². The first-order valence-corrected chi connectivity index (χ1v) is 20.8. The number of fused-ring (bicyclic) bond motifs is 1. The number of rotatable bonds is 12. The Morgan fingerprint density at radius 1 is 1.04 bits per heavy atom. The number of aromatic amines is 1. The van der Waals surface area contributed by atoms with Crippen LogP contribution in [0.3, 0.4) is 0 Å². The van der Waals surface area contributed by atoms with Gasteiger partial charge in [-0.3, -0.25) is 4.79 Å². The Hall–Kier alpha value is -4.81. The molecule has 3 aromatic carbocycles. The number of hydrogen-bond acceptors (Lipinski definition) is 14. The fraction of sp³-hybridized carbons (Fsp3) is 0.351. The van der Waals surface area contributed by atoms with Gasteiger partial charge in [0.25, 0.3) is 0 Å². The molecule has 0 fully saturated rings. The second kappa shape index (κ2) is 33.5. The largest absolute Gasteiger partial charge is 0.381 e. The van der Waals surface area contributed by atoms with Crippen molar-refractivity contribution < 1.29 is 34.5 Å². The van der Waals surface area contributed by atoms with Crippen molar-refractivity contribution in [3.05, 3.63) is 102 Å². The Morgan fingerprint density at radius 2 is 1.66 bits per heavy atom. The summed E-state index contributed by atoms with van der Waals surface area (Å²) >= 11 is 9.30. The summed E-state index contributed by atoms with van der Waals surface area (Å²) in [6.07, 6.45) is 4.34. The fourth-order valence-corrected chi connectivity index (χ4v) is 5.16. The summed E-state index contributed by atoms with van der Waals surface area (Å²) < 4.78 is 10.5. The van der Waals surface area contributed by atoms with Crippen LogP contribution in [-0.4, -0.2) is 86.9 Å². The molecule has 1 unspecified atom stereocenters. The molecule has 2 heterocycles. The Bertz CT molecular complexity index is 1660. The molecule has 16 nitrogen and oxygen atoms in total. The van der Waals surface area contributed by atoms with Crippen LogP contribution in [-0.2, 0) is 29.1 Å². The molecular formula is C37H53N9O7S2Se. The van der Waals surface area contributed by atoms with Crippen molar-refractivity contribution in [3.63, 3.8) is 0 Å². The van der Waals surface area contributed by atoms with Gasteiger partial charge in [-0.2, -0.15) is 10.3 Å². The molecule has 56 heavy (non-hydrogen) atoms.